The van der Waals surface area contributed by atoms with Crippen molar-refractivity contribution in [2.45, 2.75) is 38.5 Å². The van der Waals surface area contributed by atoms with Gasteiger partial charge in [-0.2, -0.15) is 17.0 Å². The van der Waals surface area contributed by atoms with Crippen LogP contribution in [0.25, 0.3) is 0 Å². The van der Waals surface area contributed by atoms with Crippen LogP contribution in [-0.2, 0) is 15.0 Å². The average molecular weight is 400 g/mol. The van der Waals surface area contributed by atoms with Crippen LogP contribution < -0.4 is 5.32 Å². The quantitative estimate of drug-likeness (QED) is 0.845. The Morgan fingerprint density at radius 1 is 0.962 bits per heavy atom. The summed E-state index contributed by atoms with van der Waals surface area (Å²) in [5, 5.41) is 3.47. The predicted octanol–water partition coefficient (Wildman–Crippen LogP) is 3.11. The van der Waals surface area contributed by atoms with E-state index >= 15 is 0 Å². The molecule has 144 valence electrons. The van der Waals surface area contributed by atoms with E-state index in [0.29, 0.717) is 43.2 Å². The molecule has 2 heterocycles. The minimum Gasteiger partial charge on any atom is -0.326 e. The zero-order valence-corrected chi connectivity index (χ0v) is 16.4. The Bertz CT molecular complexity index is 716. The number of carbonyl (C=O) groups is 1. The molecular formula is C18H26ClN3O3S. The van der Waals surface area contributed by atoms with E-state index < -0.39 is 10.2 Å². The molecule has 0 spiro atoms. The van der Waals surface area contributed by atoms with Crippen molar-refractivity contribution < 1.29 is 13.2 Å². The lowest BCUT2D eigenvalue weighted by Crippen LogP contribution is -2.50. The number of nitrogens with zero attached hydrogens (tertiary/aromatic N) is 2. The molecule has 1 N–H and O–H groups in total. The highest BCUT2D eigenvalue weighted by Gasteiger charge is 2.36. The second kappa shape index (κ2) is 8.69. The Hall–Kier alpha value is -1.15. The summed E-state index contributed by atoms with van der Waals surface area (Å²) in [5.41, 5.74) is 0.673. The minimum atomic E-state index is -3.48. The van der Waals surface area contributed by atoms with Gasteiger partial charge in [-0.3, -0.25) is 4.79 Å². The van der Waals surface area contributed by atoms with Crippen LogP contribution in [0.1, 0.15) is 38.5 Å². The SMILES string of the molecule is O=C(Nc1ccc(Cl)cc1)C1CCCN(S(=O)(=O)N2CCCCCC2)C1. The molecule has 1 aromatic rings. The van der Waals surface area contributed by atoms with Crippen molar-refractivity contribution >= 4 is 33.4 Å². The second-order valence-corrected chi connectivity index (χ2v) is 9.38. The number of nitrogens with one attached hydrogen (secondary N) is 1. The van der Waals surface area contributed by atoms with Crippen LogP contribution in [-0.4, -0.2) is 49.1 Å². The third kappa shape index (κ3) is 4.76. The van der Waals surface area contributed by atoms with Crippen molar-refractivity contribution in [3.8, 4) is 0 Å². The van der Waals surface area contributed by atoms with Crippen molar-refractivity contribution in [3.05, 3.63) is 29.3 Å². The maximum atomic E-state index is 13.0. The number of carbonyl (C=O) groups excluding carboxylic acids is 1. The normalized spacial score (nSPS) is 23.3. The van der Waals surface area contributed by atoms with Gasteiger partial charge in [-0.15, -0.1) is 0 Å². The van der Waals surface area contributed by atoms with Crippen LogP contribution >= 0.6 is 11.6 Å². The van der Waals surface area contributed by atoms with Gasteiger partial charge in [0.1, 0.15) is 0 Å². The van der Waals surface area contributed by atoms with Crippen molar-refractivity contribution in [1.29, 1.82) is 0 Å². The highest BCUT2D eigenvalue weighted by Crippen LogP contribution is 2.24. The minimum absolute atomic E-state index is 0.136. The van der Waals surface area contributed by atoms with Crippen LogP contribution in [0.2, 0.25) is 5.02 Å². The number of rotatable bonds is 4. The molecule has 2 saturated heterocycles. The third-order valence-corrected chi connectivity index (χ3v) is 7.34. The molecule has 2 aliphatic rings. The molecule has 2 fully saturated rings. The van der Waals surface area contributed by atoms with Gasteiger partial charge in [0.25, 0.3) is 10.2 Å². The summed E-state index contributed by atoms with van der Waals surface area (Å²) >= 11 is 5.86. The lowest BCUT2D eigenvalue weighted by atomic mass is 9.99. The van der Waals surface area contributed by atoms with Crippen molar-refractivity contribution in [1.82, 2.24) is 8.61 Å². The van der Waals surface area contributed by atoms with Gasteiger partial charge in [-0.05, 0) is 49.9 Å². The van der Waals surface area contributed by atoms with Crippen molar-refractivity contribution in [2.75, 3.05) is 31.5 Å². The molecule has 3 rings (SSSR count). The molecule has 0 saturated carbocycles. The van der Waals surface area contributed by atoms with Gasteiger partial charge in [0.15, 0.2) is 0 Å². The van der Waals surface area contributed by atoms with E-state index in [2.05, 4.69) is 5.32 Å². The maximum Gasteiger partial charge on any atom is 0.281 e. The molecule has 1 unspecified atom stereocenters. The van der Waals surface area contributed by atoms with Gasteiger partial charge < -0.3 is 5.32 Å². The molecule has 1 atom stereocenters. The third-order valence-electron chi connectivity index (χ3n) is 5.08. The van der Waals surface area contributed by atoms with Gasteiger partial charge in [-0.1, -0.05) is 24.4 Å². The summed E-state index contributed by atoms with van der Waals surface area (Å²) in [6.07, 6.45) is 5.38. The number of hydrogen-bond acceptors (Lipinski definition) is 3. The monoisotopic (exact) mass is 399 g/mol. The molecular weight excluding hydrogens is 374 g/mol. The first-order chi connectivity index (χ1) is 12.5. The van der Waals surface area contributed by atoms with E-state index in [4.69, 9.17) is 11.6 Å². The number of benzene rings is 1. The zero-order chi connectivity index (χ0) is 18.6. The lowest BCUT2D eigenvalue weighted by molar-refractivity contribution is -0.120. The van der Waals surface area contributed by atoms with Crippen LogP contribution in [0.5, 0.6) is 0 Å². The standard InChI is InChI=1S/C18H26ClN3O3S/c19-16-7-9-17(10-8-16)20-18(23)15-6-5-13-22(14-15)26(24,25)21-11-3-1-2-4-12-21/h7-10,15H,1-6,11-14H2,(H,20,23). The van der Waals surface area contributed by atoms with Crippen LogP contribution in [0.4, 0.5) is 5.69 Å². The van der Waals surface area contributed by atoms with Gasteiger partial charge in [0.05, 0.1) is 5.92 Å². The Kier molecular flexibility index (Phi) is 6.55. The maximum absolute atomic E-state index is 13.0. The molecule has 0 aromatic heterocycles. The number of halogens is 1. The summed E-state index contributed by atoms with van der Waals surface area (Å²) in [7, 11) is -3.48. The van der Waals surface area contributed by atoms with Gasteiger partial charge in [0, 0.05) is 36.9 Å². The van der Waals surface area contributed by atoms with E-state index in [9.17, 15) is 13.2 Å². The predicted molar refractivity (Wildman–Crippen MR) is 103 cm³/mol. The van der Waals surface area contributed by atoms with Crippen LogP contribution in [0.15, 0.2) is 24.3 Å². The van der Waals surface area contributed by atoms with E-state index in [1.54, 1.807) is 28.6 Å². The second-order valence-electron chi connectivity index (χ2n) is 7.01. The summed E-state index contributed by atoms with van der Waals surface area (Å²) in [6, 6.07) is 6.92. The Morgan fingerprint density at radius 2 is 1.58 bits per heavy atom. The molecule has 0 radical (unpaired) electrons. The van der Waals surface area contributed by atoms with Crippen molar-refractivity contribution in [2.24, 2.45) is 5.92 Å². The Morgan fingerprint density at radius 3 is 2.23 bits per heavy atom. The topological polar surface area (TPSA) is 69.7 Å². The summed E-state index contributed by atoms with van der Waals surface area (Å²) in [5.74, 6) is -0.468. The molecule has 2 aliphatic heterocycles. The smallest absolute Gasteiger partial charge is 0.281 e. The molecule has 26 heavy (non-hydrogen) atoms. The Labute approximate surface area is 160 Å². The van der Waals surface area contributed by atoms with Gasteiger partial charge >= 0.3 is 0 Å². The molecule has 0 bridgehead atoms. The largest absolute Gasteiger partial charge is 0.326 e. The van der Waals surface area contributed by atoms with Crippen molar-refractivity contribution in [3.63, 3.8) is 0 Å². The average Bonchev–Trinajstić information content (AvgIpc) is 2.94. The summed E-state index contributed by atoms with van der Waals surface area (Å²) in [6.45, 7) is 1.91. The first-order valence-electron chi connectivity index (χ1n) is 9.28. The van der Waals surface area contributed by atoms with Gasteiger partial charge in [0.2, 0.25) is 5.91 Å². The molecule has 0 aliphatic carbocycles. The summed E-state index contributed by atoms with van der Waals surface area (Å²) in [4.78, 5) is 12.6. The zero-order valence-electron chi connectivity index (χ0n) is 14.9. The highest BCUT2D eigenvalue weighted by molar-refractivity contribution is 7.86. The van der Waals surface area contributed by atoms with E-state index in [0.717, 1.165) is 25.7 Å². The Balaban J connectivity index is 1.64. The first kappa shape index (κ1) is 19.6. The fourth-order valence-corrected chi connectivity index (χ4v) is 5.48. The molecule has 1 aromatic carbocycles. The first-order valence-corrected chi connectivity index (χ1v) is 11.1. The number of anilines is 1. The lowest BCUT2D eigenvalue weighted by Gasteiger charge is -2.34. The fourth-order valence-electron chi connectivity index (χ4n) is 3.58. The fraction of sp³-hybridized carbons (Fsp3) is 0.611. The van der Waals surface area contributed by atoms with Gasteiger partial charge in [-0.25, -0.2) is 0 Å². The number of piperidine rings is 1. The molecule has 8 heteroatoms. The number of amides is 1. The van der Waals surface area contributed by atoms with Crippen LogP contribution in [0, 0.1) is 5.92 Å². The molecule has 6 nitrogen and oxygen atoms in total. The summed E-state index contributed by atoms with van der Waals surface area (Å²) < 4.78 is 29.0. The van der Waals surface area contributed by atoms with E-state index in [1.807, 2.05) is 0 Å². The number of hydrogen-bond donors (Lipinski definition) is 1. The van der Waals surface area contributed by atoms with E-state index in [-0.39, 0.29) is 18.4 Å². The molecule has 1 amide bonds. The highest BCUT2D eigenvalue weighted by atomic mass is 35.5. The van der Waals surface area contributed by atoms with Crippen LogP contribution in [0.3, 0.4) is 0 Å². The van der Waals surface area contributed by atoms with E-state index in [1.165, 1.54) is 4.31 Å².